The molecule has 4 heteroatoms. The van der Waals surface area contributed by atoms with E-state index in [2.05, 4.69) is 56.2 Å². The lowest BCUT2D eigenvalue weighted by atomic mass is 10.0. The van der Waals surface area contributed by atoms with Crippen LogP contribution in [0.5, 0.6) is 0 Å². The van der Waals surface area contributed by atoms with Gasteiger partial charge < -0.3 is 4.42 Å². The fourth-order valence-corrected chi connectivity index (χ4v) is 3.48. The van der Waals surface area contributed by atoms with Crippen molar-refractivity contribution in [2.45, 2.75) is 0 Å². The Bertz CT molecular complexity index is 1230. The van der Waals surface area contributed by atoms with E-state index < -0.39 is 0 Å². The topological polar surface area (TPSA) is 38.9 Å². The molecule has 24 heavy (non-hydrogen) atoms. The molecule has 0 radical (unpaired) electrons. The summed E-state index contributed by atoms with van der Waals surface area (Å²) in [5, 5.41) is 4.38. The highest BCUT2D eigenvalue weighted by Gasteiger charge is 2.16. The smallest absolute Gasteiger partial charge is 0.232 e. The van der Waals surface area contributed by atoms with Gasteiger partial charge in [0.1, 0.15) is 5.58 Å². The van der Waals surface area contributed by atoms with Crippen LogP contribution in [0.25, 0.3) is 44.1 Å². The molecule has 114 valence electrons. The van der Waals surface area contributed by atoms with Crippen molar-refractivity contribution in [3.8, 4) is 11.3 Å². The monoisotopic (exact) mass is 374 g/mol. The molecule has 2 heterocycles. The maximum absolute atomic E-state index is 5.90. The standard InChI is InChI=1S/C20H11BrN2O/c21-20-22-18(14-10-9-12-5-1-2-6-13(12)11-14)17-15-7-3-4-8-16(15)24-19(17)23-20/h1-11H. The molecule has 0 amide bonds. The van der Waals surface area contributed by atoms with E-state index in [9.17, 15) is 0 Å². The number of halogens is 1. The van der Waals surface area contributed by atoms with Gasteiger partial charge in [-0.2, -0.15) is 4.98 Å². The van der Waals surface area contributed by atoms with E-state index in [1.807, 2.05) is 36.4 Å². The van der Waals surface area contributed by atoms with Crippen LogP contribution in [0.4, 0.5) is 0 Å². The molecule has 0 atom stereocenters. The fraction of sp³-hybridized carbons (Fsp3) is 0. The summed E-state index contributed by atoms with van der Waals surface area (Å²) in [4.78, 5) is 9.05. The minimum Gasteiger partial charge on any atom is -0.438 e. The minimum atomic E-state index is 0.525. The molecule has 5 aromatic rings. The third-order valence-corrected chi connectivity index (χ3v) is 4.59. The lowest BCUT2D eigenvalue weighted by Gasteiger charge is -2.05. The number of aromatic nitrogens is 2. The normalized spacial score (nSPS) is 11.5. The van der Waals surface area contributed by atoms with Gasteiger partial charge in [0.2, 0.25) is 10.4 Å². The maximum atomic E-state index is 5.90. The molecule has 3 nitrogen and oxygen atoms in total. The van der Waals surface area contributed by atoms with Gasteiger partial charge in [-0.05, 0) is 38.8 Å². The zero-order chi connectivity index (χ0) is 16.1. The van der Waals surface area contributed by atoms with E-state index in [0.717, 1.165) is 27.6 Å². The average molecular weight is 375 g/mol. The van der Waals surface area contributed by atoms with E-state index in [0.29, 0.717) is 10.4 Å². The number of furan rings is 1. The van der Waals surface area contributed by atoms with Gasteiger partial charge in [0.25, 0.3) is 0 Å². The summed E-state index contributed by atoms with van der Waals surface area (Å²) in [6.07, 6.45) is 0. The summed E-state index contributed by atoms with van der Waals surface area (Å²) in [7, 11) is 0. The van der Waals surface area contributed by atoms with Crippen LogP contribution in [0.2, 0.25) is 0 Å². The Hall–Kier alpha value is -2.72. The molecule has 5 rings (SSSR count). The van der Waals surface area contributed by atoms with Crippen molar-refractivity contribution in [1.82, 2.24) is 9.97 Å². The predicted molar refractivity (Wildman–Crippen MR) is 100.0 cm³/mol. The molecule has 0 N–H and O–H groups in total. The van der Waals surface area contributed by atoms with Gasteiger partial charge >= 0.3 is 0 Å². The highest BCUT2D eigenvalue weighted by atomic mass is 79.9. The molecule has 0 fully saturated rings. The Morgan fingerprint density at radius 2 is 1.58 bits per heavy atom. The Morgan fingerprint density at radius 1 is 0.792 bits per heavy atom. The molecule has 0 bridgehead atoms. The molecule has 0 aliphatic rings. The molecule has 0 saturated carbocycles. The predicted octanol–water partition coefficient (Wildman–Crippen LogP) is 5.96. The third-order valence-electron chi connectivity index (χ3n) is 4.23. The molecule has 2 aromatic heterocycles. The summed E-state index contributed by atoms with van der Waals surface area (Å²) in [5.74, 6) is 0. The summed E-state index contributed by atoms with van der Waals surface area (Å²) in [6, 6.07) is 22.6. The van der Waals surface area contributed by atoms with Crippen LogP contribution in [0, 0.1) is 0 Å². The number of nitrogens with zero attached hydrogens (tertiary/aromatic N) is 2. The van der Waals surface area contributed by atoms with Gasteiger partial charge in [0, 0.05) is 10.9 Å². The van der Waals surface area contributed by atoms with Crippen molar-refractivity contribution < 1.29 is 4.42 Å². The highest BCUT2D eigenvalue weighted by molar-refractivity contribution is 9.10. The number of rotatable bonds is 1. The lowest BCUT2D eigenvalue weighted by Crippen LogP contribution is -1.90. The minimum absolute atomic E-state index is 0.525. The van der Waals surface area contributed by atoms with Crippen LogP contribution in [0.1, 0.15) is 0 Å². The average Bonchev–Trinajstić information content (AvgIpc) is 2.98. The summed E-state index contributed by atoms with van der Waals surface area (Å²) in [6.45, 7) is 0. The van der Waals surface area contributed by atoms with Crippen LogP contribution in [0.15, 0.2) is 75.9 Å². The van der Waals surface area contributed by atoms with Crippen molar-refractivity contribution in [3.63, 3.8) is 0 Å². The van der Waals surface area contributed by atoms with Gasteiger partial charge in [0.15, 0.2) is 0 Å². The molecule has 0 aliphatic heterocycles. The van der Waals surface area contributed by atoms with Crippen LogP contribution < -0.4 is 0 Å². The van der Waals surface area contributed by atoms with E-state index >= 15 is 0 Å². The van der Waals surface area contributed by atoms with Crippen molar-refractivity contribution >= 4 is 48.8 Å². The van der Waals surface area contributed by atoms with Crippen molar-refractivity contribution in [3.05, 3.63) is 71.5 Å². The number of fused-ring (bicyclic) bond motifs is 4. The van der Waals surface area contributed by atoms with Gasteiger partial charge in [-0.25, -0.2) is 4.98 Å². The van der Waals surface area contributed by atoms with Gasteiger partial charge in [-0.3, -0.25) is 0 Å². The zero-order valence-corrected chi connectivity index (χ0v) is 14.1. The third kappa shape index (κ3) is 2.03. The van der Waals surface area contributed by atoms with Crippen molar-refractivity contribution in [2.24, 2.45) is 0 Å². The molecule has 0 saturated heterocycles. The Balaban J connectivity index is 1.90. The Morgan fingerprint density at radius 3 is 2.50 bits per heavy atom. The molecule has 0 aliphatic carbocycles. The molecule has 0 unspecified atom stereocenters. The lowest BCUT2D eigenvalue weighted by molar-refractivity contribution is 0.651. The van der Waals surface area contributed by atoms with E-state index in [1.54, 1.807) is 0 Å². The molecule has 0 spiro atoms. The largest absolute Gasteiger partial charge is 0.438 e. The summed E-state index contributed by atoms with van der Waals surface area (Å²) < 4.78 is 6.43. The van der Waals surface area contributed by atoms with Gasteiger partial charge in [-0.1, -0.05) is 54.6 Å². The van der Waals surface area contributed by atoms with Crippen LogP contribution in [-0.4, -0.2) is 9.97 Å². The first kappa shape index (κ1) is 13.7. The van der Waals surface area contributed by atoms with Crippen LogP contribution >= 0.6 is 15.9 Å². The number of para-hydroxylation sites is 1. The first-order chi connectivity index (χ1) is 11.8. The Kier molecular flexibility index (Phi) is 2.94. The fourth-order valence-electron chi connectivity index (χ4n) is 3.14. The second-order valence-electron chi connectivity index (χ2n) is 5.68. The van der Waals surface area contributed by atoms with Crippen LogP contribution in [0.3, 0.4) is 0 Å². The first-order valence-corrected chi connectivity index (χ1v) is 8.43. The summed E-state index contributed by atoms with van der Waals surface area (Å²) >= 11 is 3.41. The second-order valence-corrected chi connectivity index (χ2v) is 6.39. The van der Waals surface area contributed by atoms with Crippen molar-refractivity contribution in [1.29, 1.82) is 0 Å². The SMILES string of the molecule is Brc1nc(-c2ccc3ccccc3c2)c2c(n1)oc1ccccc12. The number of benzene rings is 3. The zero-order valence-electron chi connectivity index (χ0n) is 12.5. The van der Waals surface area contributed by atoms with E-state index in [-0.39, 0.29) is 0 Å². The number of hydrogen-bond donors (Lipinski definition) is 0. The molecule has 3 aromatic carbocycles. The first-order valence-electron chi connectivity index (χ1n) is 7.63. The van der Waals surface area contributed by atoms with Crippen molar-refractivity contribution in [2.75, 3.05) is 0 Å². The second kappa shape index (κ2) is 5.14. The maximum Gasteiger partial charge on any atom is 0.232 e. The van der Waals surface area contributed by atoms with E-state index in [1.165, 1.54) is 10.8 Å². The molecular formula is C20H11BrN2O. The van der Waals surface area contributed by atoms with Crippen LogP contribution in [-0.2, 0) is 0 Å². The summed E-state index contributed by atoms with van der Waals surface area (Å²) in [5.41, 5.74) is 3.35. The van der Waals surface area contributed by atoms with Gasteiger partial charge in [0.05, 0.1) is 11.1 Å². The van der Waals surface area contributed by atoms with E-state index in [4.69, 9.17) is 4.42 Å². The highest BCUT2D eigenvalue weighted by Crippen LogP contribution is 2.36. The molecular weight excluding hydrogens is 364 g/mol. The quantitative estimate of drug-likeness (QED) is 0.340. The van der Waals surface area contributed by atoms with Gasteiger partial charge in [-0.15, -0.1) is 0 Å². The Labute approximate surface area is 146 Å². The number of hydrogen-bond acceptors (Lipinski definition) is 3.